The van der Waals surface area contributed by atoms with Crippen molar-refractivity contribution in [1.29, 1.82) is 5.26 Å². The fraction of sp³-hybridized carbons (Fsp3) is 0.467. The van der Waals surface area contributed by atoms with Gasteiger partial charge in [0.25, 0.3) is 0 Å². The summed E-state index contributed by atoms with van der Waals surface area (Å²) in [5, 5.41) is 12.3. The number of nitriles is 1. The molecule has 2 amide bonds. The van der Waals surface area contributed by atoms with Crippen molar-refractivity contribution < 1.29 is 4.79 Å². The molecule has 21 heavy (non-hydrogen) atoms. The lowest BCUT2D eigenvalue weighted by Crippen LogP contribution is -2.49. The number of rotatable bonds is 2. The number of nitrogens with zero attached hydrogens (tertiary/aromatic N) is 3. The lowest BCUT2D eigenvalue weighted by Gasteiger charge is -2.38. The molecule has 0 aromatic heterocycles. The van der Waals surface area contributed by atoms with Gasteiger partial charge in [-0.05, 0) is 31.0 Å². The van der Waals surface area contributed by atoms with Gasteiger partial charge in [-0.2, -0.15) is 5.26 Å². The topological polar surface area (TPSA) is 59.4 Å². The quantitative estimate of drug-likeness (QED) is 0.911. The molecule has 2 saturated heterocycles. The van der Waals surface area contributed by atoms with Gasteiger partial charge in [-0.25, -0.2) is 4.79 Å². The first-order valence-electron chi connectivity index (χ1n) is 7.18. The Kier molecular flexibility index (Phi) is 3.89. The molecule has 3 rings (SSSR count). The summed E-state index contributed by atoms with van der Waals surface area (Å²) in [5.41, 5.74) is 1.51. The summed E-state index contributed by atoms with van der Waals surface area (Å²) in [7, 11) is 0. The Morgan fingerprint density at radius 1 is 1.38 bits per heavy atom. The Balaban J connectivity index is 1.75. The second kappa shape index (κ2) is 5.82. The number of anilines is 1. The number of benzene rings is 1. The first-order valence-corrected chi connectivity index (χ1v) is 7.56. The van der Waals surface area contributed by atoms with Crippen LogP contribution in [0.3, 0.4) is 0 Å². The molecule has 2 fully saturated rings. The van der Waals surface area contributed by atoms with Crippen molar-refractivity contribution in [2.24, 2.45) is 0 Å². The zero-order valence-corrected chi connectivity index (χ0v) is 12.4. The molecule has 0 bridgehead atoms. The molecule has 1 N–H and O–H groups in total. The van der Waals surface area contributed by atoms with Gasteiger partial charge in [0.05, 0.1) is 16.6 Å². The summed E-state index contributed by atoms with van der Waals surface area (Å²) in [6, 6.07) is 7.88. The fourth-order valence-electron chi connectivity index (χ4n) is 3.07. The van der Waals surface area contributed by atoms with E-state index >= 15 is 0 Å². The molecule has 6 heteroatoms. The van der Waals surface area contributed by atoms with Crippen LogP contribution in [0.4, 0.5) is 10.5 Å². The zero-order chi connectivity index (χ0) is 14.8. The number of amides is 2. The summed E-state index contributed by atoms with van der Waals surface area (Å²) in [6.45, 7) is 3.29. The molecule has 0 aliphatic carbocycles. The normalized spacial score (nSPS) is 22.1. The highest BCUT2D eigenvalue weighted by Crippen LogP contribution is 2.27. The smallest absolute Gasteiger partial charge is 0.317 e. The molecule has 0 radical (unpaired) electrons. The number of halogens is 1. The monoisotopic (exact) mass is 304 g/mol. The molecule has 2 heterocycles. The van der Waals surface area contributed by atoms with Crippen LogP contribution in [0.1, 0.15) is 18.4 Å². The van der Waals surface area contributed by atoms with E-state index in [4.69, 9.17) is 16.9 Å². The molecule has 0 spiro atoms. The molecule has 2 aliphatic rings. The first kappa shape index (κ1) is 14.0. The van der Waals surface area contributed by atoms with Crippen molar-refractivity contribution in [3.8, 4) is 6.07 Å². The van der Waals surface area contributed by atoms with Gasteiger partial charge in [0.15, 0.2) is 0 Å². The average Bonchev–Trinajstić information content (AvgIpc) is 2.93. The number of carbonyl (C=O) groups is 1. The summed E-state index contributed by atoms with van der Waals surface area (Å²) in [5.74, 6) is 0. The molecule has 2 aliphatic heterocycles. The van der Waals surface area contributed by atoms with E-state index in [9.17, 15) is 4.79 Å². The summed E-state index contributed by atoms with van der Waals surface area (Å²) in [4.78, 5) is 16.0. The van der Waals surface area contributed by atoms with Gasteiger partial charge < -0.3 is 15.1 Å². The molecule has 0 saturated carbocycles. The summed E-state index contributed by atoms with van der Waals surface area (Å²) in [6.07, 6.45) is 2.08. The van der Waals surface area contributed by atoms with Crippen molar-refractivity contribution in [1.82, 2.24) is 10.2 Å². The molecule has 110 valence electrons. The van der Waals surface area contributed by atoms with Crippen LogP contribution in [0.25, 0.3) is 0 Å². The maximum Gasteiger partial charge on any atom is 0.317 e. The van der Waals surface area contributed by atoms with E-state index in [1.165, 1.54) is 0 Å². The lowest BCUT2D eigenvalue weighted by molar-refractivity contribution is 0.189. The second-order valence-electron chi connectivity index (χ2n) is 5.44. The van der Waals surface area contributed by atoms with Crippen molar-refractivity contribution >= 4 is 23.3 Å². The van der Waals surface area contributed by atoms with Crippen molar-refractivity contribution in [3.63, 3.8) is 0 Å². The molecule has 1 aromatic rings. The Bertz CT molecular complexity index is 598. The van der Waals surface area contributed by atoms with E-state index in [1.807, 2.05) is 17.0 Å². The van der Waals surface area contributed by atoms with Gasteiger partial charge >= 0.3 is 6.03 Å². The van der Waals surface area contributed by atoms with Crippen LogP contribution in [0.5, 0.6) is 0 Å². The van der Waals surface area contributed by atoms with E-state index < -0.39 is 0 Å². The summed E-state index contributed by atoms with van der Waals surface area (Å²) >= 11 is 6.11. The maximum atomic E-state index is 11.8. The van der Waals surface area contributed by atoms with E-state index in [0.717, 1.165) is 44.7 Å². The number of urea groups is 1. The Hall–Kier alpha value is -1.93. The van der Waals surface area contributed by atoms with Gasteiger partial charge in [-0.1, -0.05) is 11.6 Å². The minimum Gasteiger partial charge on any atom is -0.369 e. The van der Waals surface area contributed by atoms with Gasteiger partial charge in [-0.15, -0.1) is 0 Å². The van der Waals surface area contributed by atoms with Crippen LogP contribution in [0.2, 0.25) is 5.02 Å². The maximum absolute atomic E-state index is 11.8. The van der Waals surface area contributed by atoms with E-state index in [0.29, 0.717) is 10.6 Å². The number of hydrogen-bond donors (Lipinski definition) is 1. The molecular formula is C15H17ClN4O. The standard InChI is InChI=1S/C15H17ClN4O/c16-14-8-12(4-3-11(14)9-17)19-6-1-2-13(10-19)20-7-5-18-15(20)21/h3-4,8,13H,1-2,5-7,10H2,(H,18,21). The Morgan fingerprint density at radius 3 is 2.90 bits per heavy atom. The van der Waals surface area contributed by atoms with E-state index in [-0.39, 0.29) is 12.1 Å². The highest BCUT2D eigenvalue weighted by atomic mass is 35.5. The van der Waals surface area contributed by atoms with Crippen LogP contribution in [-0.4, -0.2) is 43.2 Å². The predicted octanol–water partition coefficient (Wildman–Crippen LogP) is 2.21. The van der Waals surface area contributed by atoms with Gasteiger partial charge in [-0.3, -0.25) is 0 Å². The number of carbonyl (C=O) groups excluding carboxylic acids is 1. The first-order chi connectivity index (χ1) is 10.2. The Labute approximate surface area is 129 Å². The van der Waals surface area contributed by atoms with Gasteiger partial charge in [0.2, 0.25) is 0 Å². The SMILES string of the molecule is N#Cc1ccc(N2CCCC(N3CCNC3=O)C2)cc1Cl. The van der Waals surface area contributed by atoms with Crippen molar-refractivity contribution in [2.75, 3.05) is 31.1 Å². The van der Waals surface area contributed by atoms with Crippen LogP contribution in [0, 0.1) is 11.3 Å². The third kappa shape index (κ3) is 2.77. The minimum absolute atomic E-state index is 0.0414. The molecule has 1 atom stereocenters. The minimum atomic E-state index is 0.0414. The highest BCUT2D eigenvalue weighted by Gasteiger charge is 2.31. The summed E-state index contributed by atoms with van der Waals surface area (Å²) < 4.78 is 0. The third-order valence-electron chi connectivity index (χ3n) is 4.17. The van der Waals surface area contributed by atoms with Crippen LogP contribution >= 0.6 is 11.6 Å². The van der Waals surface area contributed by atoms with Crippen LogP contribution in [0.15, 0.2) is 18.2 Å². The average molecular weight is 305 g/mol. The van der Waals surface area contributed by atoms with Crippen molar-refractivity contribution in [2.45, 2.75) is 18.9 Å². The predicted molar refractivity (Wildman–Crippen MR) is 81.5 cm³/mol. The molecule has 1 unspecified atom stereocenters. The van der Waals surface area contributed by atoms with E-state index in [2.05, 4.69) is 16.3 Å². The Morgan fingerprint density at radius 2 is 2.24 bits per heavy atom. The third-order valence-corrected chi connectivity index (χ3v) is 4.48. The zero-order valence-electron chi connectivity index (χ0n) is 11.7. The lowest BCUT2D eigenvalue weighted by atomic mass is 10.0. The molecule has 1 aromatic carbocycles. The highest BCUT2D eigenvalue weighted by molar-refractivity contribution is 6.32. The number of hydrogen-bond acceptors (Lipinski definition) is 3. The van der Waals surface area contributed by atoms with E-state index in [1.54, 1.807) is 6.07 Å². The van der Waals surface area contributed by atoms with Gasteiger partial charge in [0.1, 0.15) is 6.07 Å². The van der Waals surface area contributed by atoms with Crippen molar-refractivity contribution in [3.05, 3.63) is 28.8 Å². The molecule has 5 nitrogen and oxygen atoms in total. The number of piperidine rings is 1. The fourth-order valence-corrected chi connectivity index (χ4v) is 3.29. The van der Waals surface area contributed by atoms with Gasteiger partial charge in [0, 0.05) is 31.9 Å². The second-order valence-corrected chi connectivity index (χ2v) is 5.85. The number of nitrogens with one attached hydrogen (secondary N) is 1. The van der Waals surface area contributed by atoms with Crippen LogP contribution in [-0.2, 0) is 0 Å². The van der Waals surface area contributed by atoms with Crippen LogP contribution < -0.4 is 10.2 Å². The largest absolute Gasteiger partial charge is 0.369 e. The molecular weight excluding hydrogens is 288 g/mol.